The van der Waals surface area contributed by atoms with Crippen LogP contribution in [-0.2, 0) is 28.6 Å². The van der Waals surface area contributed by atoms with Crippen molar-refractivity contribution >= 4 is 24.3 Å². The van der Waals surface area contributed by atoms with Crippen LogP contribution in [0, 0.1) is 0 Å². The SMILES string of the molecule is CCCCCCC(CC)OC(=O)CCCCCN.CCCCCCC(CC)OC(=O)CCCCCNC(=O)OC(C)(C)C.O=CC(F)(F)F. The van der Waals surface area contributed by atoms with E-state index in [1.54, 1.807) is 0 Å². The van der Waals surface area contributed by atoms with Gasteiger partial charge in [0.15, 0.2) is 0 Å². The van der Waals surface area contributed by atoms with Gasteiger partial charge in [0, 0.05) is 19.4 Å². The van der Waals surface area contributed by atoms with Crippen molar-refractivity contribution in [3.05, 3.63) is 0 Å². The number of amides is 1. The molecule has 0 aliphatic rings. The molecular formula is C37H71F3N2O7. The Kier molecular flexibility index (Phi) is 35.5. The molecule has 12 heteroatoms. The number of rotatable bonds is 25. The van der Waals surface area contributed by atoms with Crippen LogP contribution in [0.1, 0.15) is 177 Å². The number of nitrogens with two attached hydrogens (primary N) is 1. The molecule has 0 fully saturated rings. The average Bonchev–Trinajstić information content (AvgIpc) is 3.03. The third-order valence-corrected chi connectivity index (χ3v) is 7.21. The number of nitrogens with one attached hydrogen (secondary N) is 1. The van der Waals surface area contributed by atoms with Crippen molar-refractivity contribution in [3.8, 4) is 0 Å². The number of carbonyl (C=O) groups is 4. The first-order valence-electron chi connectivity index (χ1n) is 18.7. The summed E-state index contributed by atoms with van der Waals surface area (Å²) < 4.78 is 47.5. The van der Waals surface area contributed by atoms with Crippen LogP contribution in [0.15, 0.2) is 0 Å². The van der Waals surface area contributed by atoms with Crippen LogP contribution in [0.25, 0.3) is 0 Å². The van der Waals surface area contributed by atoms with E-state index in [1.807, 2.05) is 20.8 Å². The second-order valence-corrected chi connectivity index (χ2v) is 13.2. The van der Waals surface area contributed by atoms with Crippen molar-refractivity contribution in [1.29, 1.82) is 0 Å². The normalized spacial score (nSPS) is 12.3. The van der Waals surface area contributed by atoms with Crippen molar-refractivity contribution in [3.63, 3.8) is 0 Å². The zero-order chi connectivity index (χ0) is 38.0. The lowest BCUT2D eigenvalue weighted by Gasteiger charge is -2.19. The molecule has 0 aromatic carbocycles. The highest BCUT2D eigenvalue weighted by molar-refractivity contribution is 5.70. The van der Waals surface area contributed by atoms with Gasteiger partial charge in [-0.05, 0) is 91.5 Å². The van der Waals surface area contributed by atoms with Crippen molar-refractivity contribution in [2.45, 2.75) is 201 Å². The van der Waals surface area contributed by atoms with Crippen molar-refractivity contribution < 1.29 is 46.6 Å². The van der Waals surface area contributed by atoms with E-state index in [-0.39, 0.29) is 30.2 Å². The molecular weight excluding hydrogens is 641 g/mol. The fourth-order valence-corrected chi connectivity index (χ4v) is 4.45. The number of carbonyl (C=O) groups excluding carboxylic acids is 4. The number of halogens is 3. The minimum atomic E-state index is -4.64. The lowest BCUT2D eigenvalue weighted by atomic mass is 10.1. The summed E-state index contributed by atoms with van der Waals surface area (Å²) >= 11 is 0. The maximum atomic E-state index is 11.9. The first-order chi connectivity index (χ1) is 23.1. The molecule has 0 spiro atoms. The molecule has 9 nitrogen and oxygen atoms in total. The van der Waals surface area contributed by atoms with E-state index in [0.717, 1.165) is 70.6 Å². The molecule has 3 N–H and O–H groups in total. The maximum absolute atomic E-state index is 11.9. The zero-order valence-electron chi connectivity index (χ0n) is 31.9. The second-order valence-electron chi connectivity index (χ2n) is 13.2. The maximum Gasteiger partial charge on any atom is 0.446 e. The monoisotopic (exact) mass is 713 g/mol. The summed E-state index contributed by atoms with van der Waals surface area (Å²) in [6.45, 7) is 15.4. The van der Waals surface area contributed by atoms with Crippen LogP contribution in [0.5, 0.6) is 0 Å². The van der Waals surface area contributed by atoms with Crippen LogP contribution in [0.4, 0.5) is 18.0 Å². The van der Waals surface area contributed by atoms with Gasteiger partial charge in [-0.2, -0.15) is 13.2 Å². The van der Waals surface area contributed by atoms with E-state index in [4.69, 9.17) is 24.7 Å². The summed E-state index contributed by atoms with van der Waals surface area (Å²) in [4.78, 5) is 43.7. The highest BCUT2D eigenvalue weighted by Crippen LogP contribution is 2.14. The Labute approximate surface area is 295 Å². The van der Waals surface area contributed by atoms with Gasteiger partial charge in [-0.1, -0.05) is 79.1 Å². The number of hydrogen-bond acceptors (Lipinski definition) is 8. The van der Waals surface area contributed by atoms with Gasteiger partial charge in [-0.3, -0.25) is 14.4 Å². The molecule has 2 unspecified atom stereocenters. The Bertz CT molecular complexity index is 806. The summed E-state index contributed by atoms with van der Waals surface area (Å²) in [6, 6.07) is 0. The van der Waals surface area contributed by atoms with E-state index in [2.05, 4.69) is 33.0 Å². The highest BCUT2D eigenvalue weighted by Gasteiger charge is 2.25. The summed E-state index contributed by atoms with van der Waals surface area (Å²) in [5, 5.41) is 2.72. The van der Waals surface area contributed by atoms with Gasteiger partial charge in [-0.15, -0.1) is 0 Å². The van der Waals surface area contributed by atoms with Gasteiger partial charge in [0.1, 0.15) is 17.8 Å². The molecule has 49 heavy (non-hydrogen) atoms. The molecule has 0 aliphatic carbocycles. The summed E-state index contributed by atoms with van der Waals surface area (Å²) in [5.41, 5.74) is 4.94. The topological polar surface area (TPSA) is 134 Å². The van der Waals surface area contributed by atoms with E-state index < -0.39 is 18.1 Å². The highest BCUT2D eigenvalue weighted by atomic mass is 19.4. The van der Waals surface area contributed by atoms with Gasteiger partial charge in [0.2, 0.25) is 6.29 Å². The fourth-order valence-electron chi connectivity index (χ4n) is 4.45. The van der Waals surface area contributed by atoms with E-state index in [9.17, 15) is 27.6 Å². The smallest absolute Gasteiger partial charge is 0.446 e. The van der Waals surface area contributed by atoms with Crippen molar-refractivity contribution in [1.82, 2.24) is 5.32 Å². The third-order valence-electron chi connectivity index (χ3n) is 7.21. The Morgan fingerprint density at radius 3 is 1.43 bits per heavy atom. The van der Waals surface area contributed by atoms with Crippen LogP contribution in [0.2, 0.25) is 0 Å². The molecule has 0 heterocycles. The second kappa shape index (κ2) is 34.1. The summed E-state index contributed by atoms with van der Waals surface area (Å²) in [7, 11) is 0. The number of ether oxygens (including phenoxy) is 3. The van der Waals surface area contributed by atoms with Gasteiger partial charge in [0.05, 0.1) is 0 Å². The quantitative estimate of drug-likeness (QED) is 0.0414. The Balaban J connectivity index is -0.000000766. The van der Waals surface area contributed by atoms with E-state index >= 15 is 0 Å². The van der Waals surface area contributed by atoms with Crippen molar-refractivity contribution in [2.24, 2.45) is 5.73 Å². The molecule has 292 valence electrons. The molecule has 1 amide bonds. The predicted molar refractivity (Wildman–Crippen MR) is 190 cm³/mol. The Hall–Kier alpha value is -2.37. The molecule has 0 saturated carbocycles. The number of unbranched alkanes of at least 4 members (excludes halogenated alkanes) is 10. The van der Waals surface area contributed by atoms with Crippen molar-refractivity contribution in [2.75, 3.05) is 13.1 Å². The van der Waals surface area contributed by atoms with E-state index in [0.29, 0.717) is 25.9 Å². The van der Waals surface area contributed by atoms with Gasteiger partial charge >= 0.3 is 24.2 Å². The minimum Gasteiger partial charge on any atom is -0.462 e. The number of alkyl carbamates (subject to hydrolysis) is 1. The van der Waals surface area contributed by atoms with Crippen LogP contribution in [-0.4, -0.2) is 61.4 Å². The average molecular weight is 713 g/mol. The largest absolute Gasteiger partial charge is 0.462 e. The number of esters is 2. The lowest BCUT2D eigenvalue weighted by Crippen LogP contribution is -2.33. The molecule has 0 aliphatic heterocycles. The first-order valence-corrected chi connectivity index (χ1v) is 18.7. The standard InChI is InChI=1S/C20H39NO4.C15H31NO2.C2HF3O/c1-6-8-9-11-14-17(7-2)24-18(22)15-12-10-13-16-21-19(23)25-20(3,4)5;1-3-5-6-8-11-14(4-2)18-15(17)12-9-7-10-13-16;3-2(4,5)1-6/h17H,6-16H2,1-5H3,(H,21,23);14H,3-13,16H2,1-2H3;1H. The zero-order valence-corrected chi connectivity index (χ0v) is 31.9. The van der Waals surface area contributed by atoms with Crippen LogP contribution in [0.3, 0.4) is 0 Å². The fraction of sp³-hybridized carbons (Fsp3) is 0.892. The van der Waals surface area contributed by atoms with Crippen LogP contribution >= 0.6 is 0 Å². The number of hydrogen-bond donors (Lipinski definition) is 2. The predicted octanol–water partition coefficient (Wildman–Crippen LogP) is 9.91. The molecule has 0 radical (unpaired) electrons. The number of aldehydes is 1. The Morgan fingerprint density at radius 2 is 1.08 bits per heavy atom. The minimum absolute atomic E-state index is 0.0330. The van der Waals surface area contributed by atoms with Crippen LogP contribution < -0.4 is 11.1 Å². The first kappa shape index (κ1) is 51.0. The molecule has 0 aromatic heterocycles. The molecule has 0 saturated heterocycles. The van der Waals surface area contributed by atoms with Gasteiger partial charge in [-0.25, -0.2) is 4.79 Å². The number of alkyl halides is 3. The molecule has 2 atom stereocenters. The van der Waals surface area contributed by atoms with Gasteiger partial charge < -0.3 is 25.3 Å². The Morgan fingerprint density at radius 1 is 0.673 bits per heavy atom. The lowest BCUT2D eigenvalue weighted by molar-refractivity contribution is -0.156. The summed E-state index contributed by atoms with van der Waals surface area (Å²) in [5.74, 6) is -0.128. The molecule has 0 bridgehead atoms. The van der Waals surface area contributed by atoms with Gasteiger partial charge in [0.25, 0.3) is 0 Å². The molecule has 0 rings (SSSR count). The molecule has 0 aromatic rings. The third kappa shape index (κ3) is 43.6. The summed E-state index contributed by atoms with van der Waals surface area (Å²) in [6.07, 6.45) is 14.1. The van der Waals surface area contributed by atoms with E-state index in [1.165, 1.54) is 44.9 Å².